The van der Waals surface area contributed by atoms with E-state index in [1.807, 2.05) is 38.1 Å². The third-order valence-corrected chi connectivity index (χ3v) is 4.81. The SMILES string of the molecule is CCCCOC(=O)c1ccc(NC(=O)c2cccn(Cc3cccc(C)c3)c2=O)cc1. The van der Waals surface area contributed by atoms with Gasteiger partial charge in [-0.05, 0) is 55.3 Å². The van der Waals surface area contributed by atoms with Crippen LogP contribution in [-0.4, -0.2) is 23.1 Å². The fraction of sp³-hybridized carbons (Fsp3) is 0.240. The molecule has 3 aromatic rings. The predicted molar refractivity (Wildman–Crippen MR) is 121 cm³/mol. The number of carbonyl (C=O) groups is 2. The number of esters is 1. The van der Waals surface area contributed by atoms with Crippen LogP contribution in [0.25, 0.3) is 0 Å². The van der Waals surface area contributed by atoms with E-state index in [-0.39, 0.29) is 11.1 Å². The van der Waals surface area contributed by atoms with Crippen molar-refractivity contribution in [1.29, 1.82) is 0 Å². The largest absolute Gasteiger partial charge is 0.462 e. The van der Waals surface area contributed by atoms with Crippen LogP contribution in [0.5, 0.6) is 0 Å². The molecule has 0 bridgehead atoms. The van der Waals surface area contributed by atoms with Gasteiger partial charge in [-0.15, -0.1) is 0 Å². The summed E-state index contributed by atoms with van der Waals surface area (Å²) in [4.78, 5) is 37.4. The minimum absolute atomic E-state index is 0.0539. The van der Waals surface area contributed by atoms with Crippen molar-refractivity contribution in [1.82, 2.24) is 4.57 Å². The number of hydrogen-bond donors (Lipinski definition) is 1. The lowest BCUT2D eigenvalue weighted by Crippen LogP contribution is -2.29. The highest BCUT2D eigenvalue weighted by Gasteiger charge is 2.13. The van der Waals surface area contributed by atoms with Gasteiger partial charge in [0, 0.05) is 11.9 Å². The molecule has 0 aliphatic carbocycles. The number of aromatic nitrogens is 1. The Balaban J connectivity index is 1.69. The van der Waals surface area contributed by atoms with Gasteiger partial charge in [-0.25, -0.2) is 4.79 Å². The molecule has 2 aromatic carbocycles. The van der Waals surface area contributed by atoms with E-state index >= 15 is 0 Å². The second kappa shape index (κ2) is 10.4. The fourth-order valence-electron chi connectivity index (χ4n) is 3.12. The first kappa shape index (κ1) is 22.0. The highest BCUT2D eigenvalue weighted by Crippen LogP contribution is 2.12. The number of rotatable bonds is 8. The summed E-state index contributed by atoms with van der Waals surface area (Å²) in [5.74, 6) is -0.893. The summed E-state index contributed by atoms with van der Waals surface area (Å²) in [6.45, 7) is 4.79. The molecular formula is C25H26N2O4. The quantitative estimate of drug-likeness (QED) is 0.434. The van der Waals surface area contributed by atoms with E-state index in [4.69, 9.17) is 4.74 Å². The average Bonchev–Trinajstić information content (AvgIpc) is 2.76. The molecule has 0 saturated carbocycles. The molecule has 31 heavy (non-hydrogen) atoms. The van der Waals surface area contributed by atoms with Gasteiger partial charge in [0.25, 0.3) is 11.5 Å². The van der Waals surface area contributed by atoms with Gasteiger partial charge in [0.15, 0.2) is 0 Å². The Bertz CT molecular complexity index is 1120. The summed E-state index contributed by atoms with van der Waals surface area (Å²) in [5.41, 5.74) is 2.69. The smallest absolute Gasteiger partial charge is 0.338 e. The Morgan fingerprint density at radius 2 is 1.81 bits per heavy atom. The molecule has 1 amide bonds. The molecule has 0 unspecified atom stereocenters. The third kappa shape index (κ3) is 5.92. The van der Waals surface area contributed by atoms with Gasteiger partial charge in [-0.1, -0.05) is 43.2 Å². The molecule has 0 aliphatic heterocycles. The molecule has 0 aliphatic rings. The van der Waals surface area contributed by atoms with Crippen LogP contribution in [0.3, 0.4) is 0 Å². The van der Waals surface area contributed by atoms with E-state index in [1.54, 1.807) is 36.5 Å². The Hall–Kier alpha value is -3.67. The first-order chi connectivity index (χ1) is 15.0. The van der Waals surface area contributed by atoms with Gasteiger partial charge in [-0.2, -0.15) is 0 Å². The van der Waals surface area contributed by atoms with Gasteiger partial charge in [0.1, 0.15) is 5.56 Å². The molecule has 3 rings (SSSR count). The Morgan fingerprint density at radius 3 is 2.52 bits per heavy atom. The molecule has 6 nitrogen and oxygen atoms in total. The van der Waals surface area contributed by atoms with Crippen molar-refractivity contribution < 1.29 is 14.3 Å². The molecule has 1 aromatic heterocycles. The van der Waals surface area contributed by atoms with Crippen LogP contribution in [0.2, 0.25) is 0 Å². The van der Waals surface area contributed by atoms with E-state index in [9.17, 15) is 14.4 Å². The number of hydrogen-bond acceptors (Lipinski definition) is 4. The zero-order chi connectivity index (χ0) is 22.2. The lowest BCUT2D eigenvalue weighted by atomic mass is 10.1. The zero-order valence-corrected chi connectivity index (χ0v) is 17.8. The number of pyridine rings is 1. The molecule has 0 fully saturated rings. The van der Waals surface area contributed by atoms with Crippen molar-refractivity contribution in [2.75, 3.05) is 11.9 Å². The number of amides is 1. The van der Waals surface area contributed by atoms with Gasteiger partial charge >= 0.3 is 5.97 Å². The zero-order valence-electron chi connectivity index (χ0n) is 17.8. The van der Waals surface area contributed by atoms with Crippen LogP contribution in [0.4, 0.5) is 5.69 Å². The van der Waals surface area contributed by atoms with Crippen LogP contribution < -0.4 is 10.9 Å². The minimum Gasteiger partial charge on any atom is -0.462 e. The van der Waals surface area contributed by atoms with Crippen molar-refractivity contribution in [2.45, 2.75) is 33.2 Å². The molecule has 6 heteroatoms. The highest BCUT2D eigenvalue weighted by atomic mass is 16.5. The number of aryl methyl sites for hydroxylation is 1. The van der Waals surface area contributed by atoms with Gasteiger partial charge in [0.2, 0.25) is 0 Å². The molecule has 0 spiro atoms. The molecule has 0 saturated heterocycles. The molecule has 160 valence electrons. The van der Waals surface area contributed by atoms with Crippen LogP contribution in [0, 0.1) is 6.92 Å². The van der Waals surface area contributed by atoms with E-state index < -0.39 is 11.9 Å². The second-order valence-electron chi connectivity index (χ2n) is 7.36. The van der Waals surface area contributed by atoms with Crippen LogP contribution in [0.15, 0.2) is 71.7 Å². The van der Waals surface area contributed by atoms with Crippen LogP contribution in [0.1, 0.15) is 51.6 Å². The van der Waals surface area contributed by atoms with Crippen molar-refractivity contribution in [2.24, 2.45) is 0 Å². The summed E-state index contributed by atoms with van der Waals surface area (Å²) < 4.78 is 6.69. The predicted octanol–water partition coefficient (Wildman–Crippen LogP) is 4.41. The Kier molecular flexibility index (Phi) is 7.38. The van der Waals surface area contributed by atoms with Crippen LogP contribution >= 0.6 is 0 Å². The molecule has 0 atom stereocenters. The highest BCUT2D eigenvalue weighted by molar-refractivity contribution is 6.04. The minimum atomic E-state index is -0.498. The van der Waals surface area contributed by atoms with E-state index in [0.29, 0.717) is 24.4 Å². The Labute approximate surface area is 181 Å². The average molecular weight is 418 g/mol. The Morgan fingerprint density at radius 1 is 1.03 bits per heavy atom. The van der Waals surface area contributed by atoms with Crippen molar-refractivity contribution in [3.05, 3.63) is 99.5 Å². The maximum atomic E-state index is 12.8. The standard InChI is InChI=1S/C25H26N2O4/c1-3-4-15-31-25(30)20-10-12-21(13-11-20)26-23(28)22-9-6-14-27(24(22)29)17-19-8-5-7-18(2)16-19/h5-14,16H,3-4,15,17H2,1-2H3,(H,26,28). The lowest BCUT2D eigenvalue weighted by Gasteiger charge is -2.10. The first-order valence-electron chi connectivity index (χ1n) is 10.3. The summed E-state index contributed by atoms with van der Waals surface area (Å²) >= 11 is 0. The van der Waals surface area contributed by atoms with Crippen molar-refractivity contribution in [3.63, 3.8) is 0 Å². The van der Waals surface area contributed by atoms with Gasteiger partial charge in [-0.3, -0.25) is 9.59 Å². The van der Waals surface area contributed by atoms with Crippen LogP contribution in [-0.2, 0) is 11.3 Å². The topological polar surface area (TPSA) is 77.4 Å². The van der Waals surface area contributed by atoms with Gasteiger partial charge < -0.3 is 14.6 Å². The molecule has 1 heterocycles. The van der Waals surface area contributed by atoms with E-state index in [2.05, 4.69) is 5.32 Å². The fourth-order valence-corrected chi connectivity index (χ4v) is 3.12. The van der Waals surface area contributed by atoms with Crippen molar-refractivity contribution in [3.8, 4) is 0 Å². The number of nitrogens with zero attached hydrogens (tertiary/aromatic N) is 1. The summed E-state index contributed by atoms with van der Waals surface area (Å²) in [5, 5.41) is 2.71. The molecule has 0 radical (unpaired) electrons. The van der Waals surface area contributed by atoms with Gasteiger partial charge in [0.05, 0.1) is 18.7 Å². The molecular weight excluding hydrogens is 392 g/mol. The first-order valence-corrected chi connectivity index (χ1v) is 10.3. The summed E-state index contributed by atoms with van der Waals surface area (Å²) in [6, 6.07) is 17.5. The number of anilines is 1. The summed E-state index contributed by atoms with van der Waals surface area (Å²) in [7, 11) is 0. The number of unbranched alkanes of at least 4 members (excludes halogenated alkanes) is 1. The third-order valence-electron chi connectivity index (χ3n) is 4.81. The number of carbonyl (C=O) groups excluding carboxylic acids is 2. The summed E-state index contributed by atoms with van der Waals surface area (Å²) in [6.07, 6.45) is 3.43. The van der Waals surface area contributed by atoms with E-state index in [1.165, 1.54) is 10.6 Å². The number of nitrogens with one attached hydrogen (secondary N) is 1. The number of benzene rings is 2. The second-order valence-corrected chi connectivity index (χ2v) is 7.36. The normalized spacial score (nSPS) is 10.5. The maximum absolute atomic E-state index is 12.8. The number of ether oxygens (including phenoxy) is 1. The lowest BCUT2D eigenvalue weighted by molar-refractivity contribution is 0.0499. The maximum Gasteiger partial charge on any atom is 0.338 e. The van der Waals surface area contributed by atoms with E-state index in [0.717, 1.165) is 24.0 Å². The monoisotopic (exact) mass is 418 g/mol. The molecule has 1 N–H and O–H groups in total. The van der Waals surface area contributed by atoms with Crippen molar-refractivity contribution >= 4 is 17.6 Å².